The van der Waals surface area contributed by atoms with E-state index in [1.807, 2.05) is 36.4 Å². The molecule has 0 aliphatic rings. The smallest absolute Gasteiger partial charge is 0.167 e. The summed E-state index contributed by atoms with van der Waals surface area (Å²) in [5.74, 6) is 1.86. The van der Waals surface area contributed by atoms with E-state index in [1.165, 1.54) is 25.6 Å². The molecule has 42 heavy (non-hydrogen) atoms. The van der Waals surface area contributed by atoms with Gasteiger partial charge in [-0.3, -0.25) is 0 Å². The maximum atomic E-state index is 6.55. The number of aromatic nitrogens is 3. The Morgan fingerprint density at radius 3 is 2.00 bits per heavy atom. The van der Waals surface area contributed by atoms with E-state index >= 15 is 0 Å². The average Bonchev–Trinajstić information content (AvgIpc) is 3.62. The molecular formula is C37H21N3OS. The standard InChI is InChI=1S/C37H21N3OS/c1-2-10-22(11-3-1)35-38-36(27-16-9-19-32-33(27)26-14-6-7-18-31(26)42-32)40-37(39-35)28-17-8-15-25-29-20-23-12-4-5-13-24(23)21-30(29)41-34(25)28/h1-21H. The van der Waals surface area contributed by atoms with Crippen LogP contribution in [0.15, 0.2) is 132 Å². The summed E-state index contributed by atoms with van der Waals surface area (Å²) in [5, 5.41) is 6.84. The maximum absolute atomic E-state index is 6.55. The molecule has 0 spiro atoms. The minimum Gasteiger partial charge on any atom is -0.455 e. The normalized spacial score (nSPS) is 11.8. The molecule has 0 N–H and O–H groups in total. The van der Waals surface area contributed by atoms with E-state index in [2.05, 4.69) is 91.0 Å². The molecule has 0 unspecified atom stereocenters. The van der Waals surface area contributed by atoms with Gasteiger partial charge in [0.15, 0.2) is 17.5 Å². The Kier molecular flexibility index (Phi) is 5.03. The van der Waals surface area contributed by atoms with Crippen molar-refractivity contribution in [2.24, 2.45) is 0 Å². The Balaban J connectivity index is 1.34. The zero-order valence-electron chi connectivity index (χ0n) is 22.3. The van der Waals surface area contributed by atoms with Crippen LogP contribution in [-0.4, -0.2) is 15.0 Å². The van der Waals surface area contributed by atoms with Crippen LogP contribution in [0.5, 0.6) is 0 Å². The number of nitrogens with zero attached hydrogens (tertiary/aromatic N) is 3. The average molecular weight is 556 g/mol. The number of furan rings is 1. The van der Waals surface area contributed by atoms with Gasteiger partial charge in [0.05, 0.1) is 5.56 Å². The third-order valence-corrected chi connectivity index (χ3v) is 9.05. The number of para-hydroxylation sites is 1. The molecule has 0 saturated heterocycles. The van der Waals surface area contributed by atoms with Crippen molar-refractivity contribution >= 4 is 64.2 Å². The van der Waals surface area contributed by atoms with Crippen molar-refractivity contribution in [3.8, 4) is 34.2 Å². The van der Waals surface area contributed by atoms with Crippen LogP contribution >= 0.6 is 11.3 Å². The van der Waals surface area contributed by atoms with Gasteiger partial charge in [0.2, 0.25) is 0 Å². The summed E-state index contributed by atoms with van der Waals surface area (Å²) < 4.78 is 9.01. The first-order valence-electron chi connectivity index (χ1n) is 13.9. The van der Waals surface area contributed by atoms with Gasteiger partial charge < -0.3 is 4.42 Å². The van der Waals surface area contributed by atoms with E-state index in [1.54, 1.807) is 11.3 Å². The van der Waals surface area contributed by atoms with Crippen LogP contribution in [0.1, 0.15) is 0 Å². The molecule has 3 aromatic heterocycles. The fraction of sp³-hybridized carbons (Fsp3) is 0. The van der Waals surface area contributed by atoms with Gasteiger partial charge in [-0.05, 0) is 41.1 Å². The Morgan fingerprint density at radius 1 is 0.476 bits per heavy atom. The molecule has 9 aromatic rings. The van der Waals surface area contributed by atoms with Crippen LogP contribution in [-0.2, 0) is 0 Å². The maximum Gasteiger partial charge on any atom is 0.167 e. The molecule has 0 saturated carbocycles. The zero-order valence-corrected chi connectivity index (χ0v) is 23.1. The van der Waals surface area contributed by atoms with Crippen molar-refractivity contribution in [2.75, 3.05) is 0 Å². The van der Waals surface area contributed by atoms with Crippen molar-refractivity contribution < 1.29 is 4.42 Å². The van der Waals surface area contributed by atoms with Crippen molar-refractivity contribution in [2.45, 2.75) is 0 Å². The third-order valence-electron chi connectivity index (χ3n) is 7.92. The molecule has 0 amide bonds. The van der Waals surface area contributed by atoms with E-state index in [4.69, 9.17) is 19.4 Å². The summed E-state index contributed by atoms with van der Waals surface area (Å²) in [6, 6.07) is 43.9. The number of fused-ring (bicyclic) bond motifs is 7. The Morgan fingerprint density at radius 2 is 1.12 bits per heavy atom. The van der Waals surface area contributed by atoms with Crippen molar-refractivity contribution in [3.63, 3.8) is 0 Å². The Bertz CT molecular complexity index is 2480. The molecule has 0 aliphatic carbocycles. The third kappa shape index (κ3) is 3.57. The monoisotopic (exact) mass is 555 g/mol. The minimum atomic E-state index is 0.588. The highest BCUT2D eigenvalue weighted by Crippen LogP contribution is 2.41. The summed E-state index contributed by atoms with van der Waals surface area (Å²) in [6.45, 7) is 0. The van der Waals surface area contributed by atoms with Gasteiger partial charge in [0.1, 0.15) is 11.2 Å². The van der Waals surface area contributed by atoms with Crippen molar-refractivity contribution in [3.05, 3.63) is 127 Å². The second-order valence-corrected chi connectivity index (χ2v) is 11.5. The fourth-order valence-corrected chi connectivity index (χ4v) is 7.09. The van der Waals surface area contributed by atoms with Crippen LogP contribution in [0, 0.1) is 0 Å². The Hall–Kier alpha value is -5.39. The number of rotatable bonds is 3. The highest BCUT2D eigenvalue weighted by molar-refractivity contribution is 7.25. The highest BCUT2D eigenvalue weighted by atomic mass is 32.1. The van der Waals surface area contributed by atoms with Gasteiger partial charge in [-0.25, -0.2) is 15.0 Å². The quantitative estimate of drug-likeness (QED) is 0.218. The molecular weight excluding hydrogens is 534 g/mol. The zero-order chi connectivity index (χ0) is 27.6. The number of thiophene rings is 1. The summed E-state index contributed by atoms with van der Waals surface area (Å²) in [5.41, 5.74) is 4.40. The van der Waals surface area contributed by atoms with Crippen molar-refractivity contribution in [1.82, 2.24) is 15.0 Å². The molecule has 6 aromatic carbocycles. The summed E-state index contributed by atoms with van der Waals surface area (Å²) in [6.07, 6.45) is 0. The number of hydrogen-bond acceptors (Lipinski definition) is 5. The van der Waals surface area contributed by atoms with Gasteiger partial charge in [0.25, 0.3) is 0 Å². The number of hydrogen-bond donors (Lipinski definition) is 0. The van der Waals surface area contributed by atoms with E-state index in [0.717, 1.165) is 44.0 Å². The Labute approximate surface area is 244 Å². The largest absolute Gasteiger partial charge is 0.455 e. The van der Waals surface area contributed by atoms with Crippen LogP contribution < -0.4 is 0 Å². The van der Waals surface area contributed by atoms with Gasteiger partial charge in [-0.15, -0.1) is 11.3 Å². The molecule has 9 rings (SSSR count). The second kappa shape index (κ2) is 9.06. The van der Waals surface area contributed by atoms with E-state index in [0.29, 0.717) is 17.5 Å². The van der Waals surface area contributed by atoms with Crippen LogP contribution in [0.25, 0.3) is 87.0 Å². The summed E-state index contributed by atoms with van der Waals surface area (Å²) >= 11 is 1.79. The van der Waals surface area contributed by atoms with Gasteiger partial charge in [0, 0.05) is 42.1 Å². The molecule has 3 heterocycles. The second-order valence-electron chi connectivity index (χ2n) is 10.4. The minimum absolute atomic E-state index is 0.588. The van der Waals surface area contributed by atoms with E-state index in [-0.39, 0.29) is 0 Å². The summed E-state index contributed by atoms with van der Waals surface area (Å²) in [7, 11) is 0. The summed E-state index contributed by atoms with van der Waals surface area (Å²) in [4.78, 5) is 15.2. The molecule has 0 radical (unpaired) electrons. The predicted octanol–water partition coefficient (Wildman–Crippen LogP) is 10.3. The lowest BCUT2D eigenvalue weighted by atomic mass is 10.0. The SMILES string of the molecule is c1ccc(-c2nc(-c3cccc4c3oc3cc5ccccc5cc34)nc(-c3cccc4sc5ccccc5c34)n2)cc1. The molecule has 0 bridgehead atoms. The first kappa shape index (κ1) is 23.3. The topological polar surface area (TPSA) is 51.8 Å². The molecule has 4 nitrogen and oxygen atoms in total. The van der Waals surface area contributed by atoms with Gasteiger partial charge in [-0.2, -0.15) is 0 Å². The van der Waals surface area contributed by atoms with E-state index in [9.17, 15) is 0 Å². The van der Waals surface area contributed by atoms with Crippen LogP contribution in [0.4, 0.5) is 0 Å². The molecule has 5 heteroatoms. The fourth-order valence-electron chi connectivity index (χ4n) is 5.95. The van der Waals surface area contributed by atoms with E-state index < -0.39 is 0 Å². The lowest BCUT2D eigenvalue weighted by molar-refractivity contribution is 0.670. The first-order valence-corrected chi connectivity index (χ1v) is 14.7. The lowest BCUT2D eigenvalue weighted by Gasteiger charge is -2.10. The highest BCUT2D eigenvalue weighted by Gasteiger charge is 2.20. The molecule has 0 fully saturated rings. The van der Waals surface area contributed by atoms with Crippen LogP contribution in [0.2, 0.25) is 0 Å². The van der Waals surface area contributed by atoms with Crippen LogP contribution in [0.3, 0.4) is 0 Å². The molecule has 196 valence electrons. The predicted molar refractivity (Wildman–Crippen MR) is 174 cm³/mol. The van der Waals surface area contributed by atoms with Gasteiger partial charge >= 0.3 is 0 Å². The first-order chi connectivity index (χ1) is 20.8. The molecule has 0 atom stereocenters. The van der Waals surface area contributed by atoms with Gasteiger partial charge in [-0.1, -0.05) is 97.1 Å². The lowest BCUT2D eigenvalue weighted by Crippen LogP contribution is -2.00. The van der Waals surface area contributed by atoms with Crippen molar-refractivity contribution in [1.29, 1.82) is 0 Å². The number of benzene rings is 6. The molecule has 0 aliphatic heterocycles.